The quantitative estimate of drug-likeness (QED) is 0.210. The molecule has 0 atom stereocenters. The summed E-state index contributed by atoms with van der Waals surface area (Å²) in [7, 11) is 0. The predicted octanol–water partition coefficient (Wildman–Crippen LogP) is 6.61. The molecule has 0 bridgehead atoms. The van der Waals surface area contributed by atoms with Crippen molar-refractivity contribution in [3.8, 4) is 22.9 Å². The average molecular weight is 560 g/mol. The van der Waals surface area contributed by atoms with Gasteiger partial charge in [-0.15, -0.1) is 0 Å². The molecule has 1 heterocycles. The van der Waals surface area contributed by atoms with Crippen LogP contribution >= 0.6 is 11.6 Å². The number of aromatic carboxylic acids is 1. The normalized spacial score (nSPS) is 12.4. The standard InChI is InChI=1S/C30H26ClN3O6/c31-23-3-1-2-20(12-23)17-38-24-8-6-22(7-9-24)28-32-14-21(15-33-28)18-39-25-10-11-27(26(13-25)29(35)36)34-30(37)40-16-19-4-5-19/h1-3,6-15,19H,4-5,16-18H2,(H,34,37)(H,35,36). The summed E-state index contributed by atoms with van der Waals surface area (Å²) in [5.41, 5.74) is 2.54. The lowest BCUT2D eigenvalue weighted by atomic mass is 10.1. The van der Waals surface area contributed by atoms with Crippen LogP contribution in [0.1, 0.15) is 34.3 Å². The van der Waals surface area contributed by atoms with E-state index in [9.17, 15) is 14.7 Å². The highest BCUT2D eigenvalue weighted by Crippen LogP contribution is 2.29. The third kappa shape index (κ3) is 7.48. The minimum Gasteiger partial charge on any atom is -0.489 e. The van der Waals surface area contributed by atoms with E-state index in [1.165, 1.54) is 12.1 Å². The van der Waals surface area contributed by atoms with Crippen LogP contribution in [0.25, 0.3) is 11.4 Å². The first-order valence-electron chi connectivity index (χ1n) is 12.7. The molecule has 0 saturated heterocycles. The van der Waals surface area contributed by atoms with Gasteiger partial charge in [-0.25, -0.2) is 19.6 Å². The van der Waals surface area contributed by atoms with Gasteiger partial charge in [0.15, 0.2) is 5.82 Å². The van der Waals surface area contributed by atoms with E-state index in [0.717, 1.165) is 24.0 Å². The van der Waals surface area contributed by atoms with E-state index in [1.807, 2.05) is 48.5 Å². The van der Waals surface area contributed by atoms with Gasteiger partial charge in [-0.3, -0.25) is 5.32 Å². The van der Waals surface area contributed by atoms with Crippen LogP contribution < -0.4 is 14.8 Å². The lowest BCUT2D eigenvalue weighted by Crippen LogP contribution is -2.17. The first-order chi connectivity index (χ1) is 19.4. The Hall–Kier alpha value is -4.63. The molecule has 204 valence electrons. The van der Waals surface area contributed by atoms with Crippen LogP contribution in [0.3, 0.4) is 0 Å². The van der Waals surface area contributed by atoms with Gasteiger partial charge in [0.05, 0.1) is 17.9 Å². The SMILES string of the molecule is O=C(Nc1ccc(OCc2cnc(-c3ccc(OCc4cccc(Cl)c4)cc3)nc2)cc1C(=O)O)OCC1CC1. The summed E-state index contributed by atoms with van der Waals surface area (Å²) in [5.74, 6) is 0.793. The summed E-state index contributed by atoms with van der Waals surface area (Å²) in [6, 6.07) is 19.4. The lowest BCUT2D eigenvalue weighted by Gasteiger charge is -2.12. The summed E-state index contributed by atoms with van der Waals surface area (Å²) in [5, 5.41) is 12.7. The molecule has 1 aliphatic rings. The third-order valence-electron chi connectivity index (χ3n) is 6.12. The van der Waals surface area contributed by atoms with Crippen molar-refractivity contribution >= 4 is 29.4 Å². The summed E-state index contributed by atoms with van der Waals surface area (Å²) in [4.78, 5) is 32.5. The number of carbonyl (C=O) groups excluding carboxylic acids is 1. The van der Waals surface area contributed by atoms with Gasteiger partial charge in [-0.2, -0.15) is 0 Å². The third-order valence-corrected chi connectivity index (χ3v) is 6.36. The van der Waals surface area contributed by atoms with Crippen molar-refractivity contribution in [3.05, 3.63) is 101 Å². The Morgan fingerprint density at radius 2 is 1.60 bits per heavy atom. The second kappa shape index (κ2) is 12.5. The predicted molar refractivity (Wildman–Crippen MR) is 149 cm³/mol. The van der Waals surface area contributed by atoms with E-state index in [1.54, 1.807) is 18.5 Å². The van der Waals surface area contributed by atoms with Crippen molar-refractivity contribution in [2.75, 3.05) is 11.9 Å². The van der Waals surface area contributed by atoms with Crippen molar-refractivity contribution in [1.29, 1.82) is 0 Å². The summed E-state index contributed by atoms with van der Waals surface area (Å²) < 4.78 is 16.7. The second-order valence-corrected chi connectivity index (χ2v) is 9.76. The molecule has 1 aliphatic carbocycles. The molecule has 0 spiro atoms. The maximum Gasteiger partial charge on any atom is 0.411 e. The van der Waals surface area contributed by atoms with Crippen LogP contribution in [-0.2, 0) is 18.0 Å². The van der Waals surface area contributed by atoms with Gasteiger partial charge in [0.2, 0.25) is 0 Å². The van der Waals surface area contributed by atoms with Crippen LogP contribution in [0.2, 0.25) is 5.02 Å². The number of nitrogens with zero attached hydrogens (tertiary/aromatic N) is 2. The summed E-state index contributed by atoms with van der Waals surface area (Å²) in [6.07, 6.45) is 4.70. The molecule has 4 aromatic rings. The molecule has 0 aliphatic heterocycles. The van der Waals surface area contributed by atoms with Gasteiger partial charge >= 0.3 is 12.1 Å². The topological polar surface area (TPSA) is 120 Å². The van der Waals surface area contributed by atoms with Gasteiger partial charge in [0.25, 0.3) is 0 Å². The molecule has 1 amide bonds. The van der Waals surface area contributed by atoms with Gasteiger partial charge in [-0.1, -0.05) is 23.7 Å². The highest BCUT2D eigenvalue weighted by molar-refractivity contribution is 6.30. The smallest absolute Gasteiger partial charge is 0.411 e. The molecule has 40 heavy (non-hydrogen) atoms. The van der Waals surface area contributed by atoms with E-state index < -0.39 is 12.1 Å². The van der Waals surface area contributed by atoms with Gasteiger partial charge < -0.3 is 19.3 Å². The average Bonchev–Trinajstić information content (AvgIpc) is 3.80. The lowest BCUT2D eigenvalue weighted by molar-refractivity contribution is 0.0697. The molecular weight excluding hydrogens is 534 g/mol. The number of ether oxygens (including phenoxy) is 3. The zero-order valence-electron chi connectivity index (χ0n) is 21.4. The number of aromatic nitrogens is 2. The Morgan fingerprint density at radius 3 is 2.30 bits per heavy atom. The molecule has 0 unspecified atom stereocenters. The number of hydrogen-bond donors (Lipinski definition) is 2. The van der Waals surface area contributed by atoms with Gasteiger partial charge in [-0.05, 0) is 78.9 Å². The largest absolute Gasteiger partial charge is 0.489 e. The van der Waals surface area contributed by atoms with Crippen LogP contribution in [-0.4, -0.2) is 33.7 Å². The molecule has 9 nitrogen and oxygen atoms in total. The Balaban J connectivity index is 1.15. The summed E-state index contributed by atoms with van der Waals surface area (Å²) >= 11 is 6.02. The Morgan fingerprint density at radius 1 is 0.900 bits per heavy atom. The maximum atomic E-state index is 12.0. The number of halogens is 1. The van der Waals surface area contributed by atoms with Crippen LogP contribution in [0.4, 0.5) is 10.5 Å². The van der Waals surface area contributed by atoms with E-state index >= 15 is 0 Å². The molecule has 1 saturated carbocycles. The van der Waals surface area contributed by atoms with Gasteiger partial charge in [0, 0.05) is 28.5 Å². The maximum absolute atomic E-state index is 12.0. The fourth-order valence-electron chi connectivity index (χ4n) is 3.76. The number of rotatable bonds is 11. The number of carboxylic acids is 1. The Bertz CT molecular complexity index is 1490. The van der Waals surface area contributed by atoms with E-state index in [0.29, 0.717) is 47.0 Å². The number of carbonyl (C=O) groups is 2. The van der Waals surface area contributed by atoms with E-state index in [4.69, 9.17) is 25.8 Å². The molecule has 1 fully saturated rings. The van der Waals surface area contributed by atoms with Gasteiger partial charge in [0.1, 0.15) is 24.7 Å². The van der Waals surface area contributed by atoms with Crippen molar-refractivity contribution in [2.24, 2.45) is 5.92 Å². The van der Waals surface area contributed by atoms with Crippen LogP contribution in [0.15, 0.2) is 79.1 Å². The number of anilines is 1. The minimum absolute atomic E-state index is 0.104. The number of nitrogens with one attached hydrogen (secondary N) is 1. The zero-order chi connectivity index (χ0) is 27.9. The minimum atomic E-state index is -1.20. The fourth-order valence-corrected chi connectivity index (χ4v) is 3.97. The molecule has 5 rings (SSSR count). The zero-order valence-corrected chi connectivity index (χ0v) is 22.1. The molecule has 0 radical (unpaired) electrons. The molecular formula is C30H26ClN3O6. The monoisotopic (exact) mass is 559 g/mol. The number of benzene rings is 3. The Labute approximate surface area is 235 Å². The van der Waals surface area contributed by atoms with Crippen LogP contribution in [0.5, 0.6) is 11.5 Å². The van der Waals surface area contributed by atoms with Crippen molar-refractivity contribution in [2.45, 2.75) is 26.1 Å². The molecule has 2 N–H and O–H groups in total. The van der Waals surface area contributed by atoms with E-state index in [-0.39, 0.29) is 17.9 Å². The Kier molecular flexibility index (Phi) is 8.41. The number of hydrogen-bond acceptors (Lipinski definition) is 7. The summed E-state index contributed by atoms with van der Waals surface area (Å²) in [6.45, 7) is 0.873. The van der Waals surface area contributed by atoms with Crippen molar-refractivity contribution in [3.63, 3.8) is 0 Å². The first-order valence-corrected chi connectivity index (χ1v) is 13.0. The molecule has 1 aromatic heterocycles. The highest BCUT2D eigenvalue weighted by Gasteiger charge is 2.23. The van der Waals surface area contributed by atoms with Crippen molar-refractivity contribution < 1.29 is 28.9 Å². The fraction of sp³-hybridized carbons (Fsp3) is 0.200. The molecule has 3 aromatic carbocycles. The number of carboxylic acid groups (broad SMARTS) is 1. The first kappa shape index (κ1) is 27.0. The molecule has 10 heteroatoms. The number of amides is 1. The van der Waals surface area contributed by atoms with E-state index in [2.05, 4.69) is 15.3 Å². The van der Waals surface area contributed by atoms with Crippen LogP contribution in [0, 0.1) is 5.92 Å². The second-order valence-electron chi connectivity index (χ2n) is 9.33. The highest BCUT2D eigenvalue weighted by atomic mass is 35.5. The van der Waals surface area contributed by atoms with Crippen molar-refractivity contribution in [1.82, 2.24) is 9.97 Å².